The molecule has 9 heteroatoms. The van der Waals surface area contributed by atoms with Gasteiger partial charge in [-0.3, -0.25) is 0 Å². The van der Waals surface area contributed by atoms with Gasteiger partial charge < -0.3 is 10.3 Å². The van der Waals surface area contributed by atoms with Crippen molar-refractivity contribution in [3.8, 4) is 0 Å². The quantitative estimate of drug-likeness (QED) is 0.368. The summed E-state index contributed by atoms with van der Waals surface area (Å²) in [5.74, 6) is 0. The molecule has 0 unspecified atom stereocenters. The van der Waals surface area contributed by atoms with Gasteiger partial charge in [0, 0.05) is 5.69 Å². The predicted molar refractivity (Wildman–Crippen MR) is 43.8 cm³/mol. The Balaban J connectivity index is 0.00000225. The summed E-state index contributed by atoms with van der Waals surface area (Å²) in [6, 6.07) is 1.68. The molecule has 0 heterocycles. The zero-order valence-electron chi connectivity index (χ0n) is 8.08. The number of hydrogen-bond donors (Lipinski definition) is 1. The molecule has 1 aromatic carbocycles. The molecular weight excluding hydrogens is 258 g/mol. The van der Waals surface area contributed by atoms with E-state index in [9.17, 15) is 26.1 Å². The molecule has 0 aromatic heterocycles. The number of nitrogen functional groups attached to an aromatic ring is 1. The van der Waals surface area contributed by atoms with E-state index in [1.54, 1.807) is 0 Å². The van der Waals surface area contributed by atoms with Crippen LogP contribution in [0.4, 0.5) is 18.9 Å². The first-order valence-corrected chi connectivity index (χ1v) is 4.96. The van der Waals surface area contributed by atoms with E-state index in [0.717, 1.165) is 12.1 Å². The van der Waals surface area contributed by atoms with Gasteiger partial charge in [-0.1, -0.05) is 0 Å². The largest absolute Gasteiger partial charge is 1.00 e. The molecule has 2 N–H and O–H groups in total. The number of rotatable bonds is 1. The van der Waals surface area contributed by atoms with Crippen LogP contribution in [0.25, 0.3) is 0 Å². The molecule has 0 spiro atoms. The maximum absolute atomic E-state index is 12.2. The second-order valence-electron chi connectivity index (χ2n) is 2.70. The van der Waals surface area contributed by atoms with Crippen LogP contribution in [0.5, 0.6) is 0 Å². The third-order valence-corrected chi connectivity index (χ3v) is 2.45. The van der Waals surface area contributed by atoms with Crippen LogP contribution in [0.1, 0.15) is 5.56 Å². The first kappa shape index (κ1) is 15.7. The van der Waals surface area contributed by atoms with Crippen molar-refractivity contribution in [3.63, 3.8) is 0 Å². The normalized spacial score (nSPS) is 12.0. The van der Waals surface area contributed by atoms with E-state index in [4.69, 9.17) is 5.73 Å². The van der Waals surface area contributed by atoms with Gasteiger partial charge in [-0.2, -0.15) is 13.2 Å². The van der Waals surface area contributed by atoms with Gasteiger partial charge in [-0.15, -0.1) is 0 Å². The number of alkyl halides is 3. The number of anilines is 1. The molecule has 16 heavy (non-hydrogen) atoms. The van der Waals surface area contributed by atoms with Gasteiger partial charge in [0.25, 0.3) is 0 Å². The van der Waals surface area contributed by atoms with Crippen LogP contribution in [0.3, 0.4) is 0 Å². The Bertz CT molecular complexity index is 486. The van der Waals surface area contributed by atoms with Gasteiger partial charge in [0.05, 0.1) is 10.5 Å². The molecule has 1 aromatic rings. The number of benzene rings is 1. The molecule has 0 radical (unpaired) electrons. The maximum Gasteiger partial charge on any atom is 1.00 e. The Kier molecular flexibility index (Phi) is 4.84. The van der Waals surface area contributed by atoms with Crippen molar-refractivity contribution >= 4 is 15.8 Å². The fourth-order valence-corrected chi connectivity index (χ4v) is 1.43. The average molecular weight is 263 g/mol. The molecule has 0 aliphatic heterocycles. The van der Waals surface area contributed by atoms with Crippen LogP contribution in [-0.4, -0.2) is 13.0 Å². The van der Waals surface area contributed by atoms with Crippen LogP contribution in [0.15, 0.2) is 23.1 Å². The van der Waals surface area contributed by atoms with Crippen molar-refractivity contribution < 1.29 is 55.7 Å². The van der Waals surface area contributed by atoms with Crippen molar-refractivity contribution in [2.45, 2.75) is 11.1 Å². The van der Waals surface area contributed by atoms with Crippen molar-refractivity contribution in [1.29, 1.82) is 0 Å². The van der Waals surface area contributed by atoms with Crippen LogP contribution in [-0.2, 0) is 16.3 Å². The SMILES string of the molecule is Nc1ccc(S(=O)(=O)[O-])cc1C(F)(F)F.[Na+]. The summed E-state index contributed by atoms with van der Waals surface area (Å²) in [7, 11) is -4.91. The summed E-state index contributed by atoms with van der Waals surface area (Å²) >= 11 is 0. The molecule has 0 saturated carbocycles. The first-order chi connectivity index (χ1) is 6.62. The van der Waals surface area contributed by atoms with E-state index >= 15 is 0 Å². The Labute approximate surface area is 112 Å². The van der Waals surface area contributed by atoms with Gasteiger partial charge in [-0.25, -0.2) is 8.42 Å². The Morgan fingerprint density at radius 3 is 2.12 bits per heavy atom. The summed E-state index contributed by atoms with van der Waals surface area (Å²) in [5.41, 5.74) is 3.04. The molecule has 0 saturated heterocycles. The second kappa shape index (κ2) is 4.92. The zero-order valence-corrected chi connectivity index (χ0v) is 10.9. The predicted octanol–water partition coefficient (Wildman–Crippen LogP) is -1.80. The van der Waals surface area contributed by atoms with E-state index in [0.29, 0.717) is 0 Å². The standard InChI is InChI=1S/C7H6F3NO3S.Na/c8-7(9,10)5-3-4(15(12,13)14)1-2-6(5)11;/h1-3H,11H2,(H,12,13,14);/q;+1/p-1. The molecule has 1 rings (SSSR count). The molecule has 4 nitrogen and oxygen atoms in total. The molecule has 0 aliphatic carbocycles. The minimum atomic E-state index is -4.91. The molecule has 0 bridgehead atoms. The topological polar surface area (TPSA) is 83.2 Å². The molecule has 0 aliphatic rings. The van der Waals surface area contributed by atoms with Crippen LogP contribution in [0, 0.1) is 0 Å². The zero-order chi connectivity index (χ0) is 11.9. The van der Waals surface area contributed by atoms with Crippen LogP contribution in [0.2, 0.25) is 0 Å². The van der Waals surface area contributed by atoms with Crippen LogP contribution < -0.4 is 35.3 Å². The van der Waals surface area contributed by atoms with E-state index in [2.05, 4.69) is 0 Å². The maximum atomic E-state index is 12.2. The Hall–Kier alpha value is -0.280. The van der Waals surface area contributed by atoms with Gasteiger partial charge in [-0.05, 0) is 18.2 Å². The van der Waals surface area contributed by atoms with Gasteiger partial charge in [0.15, 0.2) is 0 Å². The van der Waals surface area contributed by atoms with E-state index in [1.165, 1.54) is 0 Å². The van der Waals surface area contributed by atoms with E-state index in [-0.39, 0.29) is 35.6 Å². The van der Waals surface area contributed by atoms with Crippen molar-refractivity contribution in [2.75, 3.05) is 5.73 Å². The van der Waals surface area contributed by atoms with Gasteiger partial charge in [0.2, 0.25) is 0 Å². The van der Waals surface area contributed by atoms with Crippen molar-refractivity contribution in [2.24, 2.45) is 0 Å². The number of nitrogens with two attached hydrogens (primary N) is 1. The summed E-state index contributed by atoms with van der Waals surface area (Å²) in [6.45, 7) is 0. The number of halogens is 3. The third kappa shape index (κ3) is 3.63. The van der Waals surface area contributed by atoms with E-state index in [1.807, 2.05) is 0 Å². The van der Waals surface area contributed by atoms with Crippen molar-refractivity contribution in [3.05, 3.63) is 23.8 Å². The molecule has 0 amide bonds. The molecule has 84 valence electrons. The Morgan fingerprint density at radius 1 is 1.25 bits per heavy atom. The van der Waals surface area contributed by atoms with Gasteiger partial charge in [0.1, 0.15) is 10.1 Å². The summed E-state index contributed by atoms with van der Waals surface area (Å²) in [6.07, 6.45) is -4.79. The number of hydrogen-bond acceptors (Lipinski definition) is 4. The third-order valence-electron chi connectivity index (χ3n) is 1.62. The smallest absolute Gasteiger partial charge is 0.744 e. The second-order valence-corrected chi connectivity index (χ2v) is 4.08. The summed E-state index contributed by atoms with van der Waals surface area (Å²) < 4.78 is 68.1. The first-order valence-electron chi connectivity index (χ1n) is 3.55. The van der Waals surface area contributed by atoms with Crippen molar-refractivity contribution in [1.82, 2.24) is 0 Å². The van der Waals surface area contributed by atoms with E-state index < -0.39 is 32.4 Å². The minimum absolute atomic E-state index is 0. The molecular formula is C7H5F3NNaO3S. The van der Waals surface area contributed by atoms with Crippen LogP contribution >= 0.6 is 0 Å². The monoisotopic (exact) mass is 263 g/mol. The fraction of sp³-hybridized carbons (Fsp3) is 0.143. The molecule has 0 fully saturated rings. The fourth-order valence-electron chi connectivity index (χ4n) is 0.936. The molecule has 0 atom stereocenters. The minimum Gasteiger partial charge on any atom is -0.744 e. The van der Waals surface area contributed by atoms with Gasteiger partial charge >= 0.3 is 35.7 Å². The summed E-state index contributed by atoms with van der Waals surface area (Å²) in [5, 5.41) is 0. The Morgan fingerprint density at radius 2 is 1.75 bits per heavy atom. The summed E-state index contributed by atoms with van der Waals surface area (Å²) in [4.78, 5) is -0.955. The average Bonchev–Trinajstić information content (AvgIpc) is 2.00.